The van der Waals surface area contributed by atoms with Crippen molar-refractivity contribution in [3.63, 3.8) is 0 Å². The summed E-state index contributed by atoms with van der Waals surface area (Å²) in [4.78, 5) is 21.9. The van der Waals surface area contributed by atoms with Gasteiger partial charge in [0.15, 0.2) is 0 Å². The molecule has 0 spiro atoms. The zero-order valence-corrected chi connectivity index (χ0v) is 18.5. The third-order valence-corrected chi connectivity index (χ3v) is 5.96. The molecule has 0 bridgehead atoms. The molecular weight excluding hydrogens is 406 g/mol. The van der Waals surface area contributed by atoms with Crippen LogP contribution < -0.4 is 10.1 Å². The highest BCUT2D eigenvalue weighted by Gasteiger charge is 2.15. The van der Waals surface area contributed by atoms with E-state index in [4.69, 9.17) is 4.74 Å². The van der Waals surface area contributed by atoms with E-state index in [0.717, 1.165) is 39.0 Å². The van der Waals surface area contributed by atoms with Crippen molar-refractivity contribution in [1.82, 2.24) is 9.97 Å². The Balaban J connectivity index is 1.57. The molecule has 0 radical (unpaired) electrons. The Labute approximate surface area is 185 Å². The number of amides is 1. The van der Waals surface area contributed by atoms with Crippen LogP contribution in [-0.2, 0) is 5.75 Å². The number of para-hydroxylation sites is 1. The molecule has 2 aromatic heterocycles. The third-order valence-electron chi connectivity index (χ3n) is 4.90. The molecule has 2 heterocycles. The maximum Gasteiger partial charge on any atom is 0.258 e. The zero-order chi connectivity index (χ0) is 21.8. The van der Waals surface area contributed by atoms with Crippen LogP contribution in [0.2, 0.25) is 0 Å². The highest BCUT2D eigenvalue weighted by atomic mass is 32.2. The van der Waals surface area contributed by atoms with E-state index in [2.05, 4.69) is 21.4 Å². The summed E-state index contributed by atoms with van der Waals surface area (Å²) in [6, 6.07) is 17.5. The molecule has 0 unspecified atom stereocenters. The predicted octanol–water partition coefficient (Wildman–Crippen LogP) is 5.80. The number of aryl methyl sites for hydroxylation is 2. The van der Waals surface area contributed by atoms with Crippen LogP contribution in [0.5, 0.6) is 5.75 Å². The first kappa shape index (κ1) is 20.9. The molecular formula is C25H23N3O2S. The van der Waals surface area contributed by atoms with Crippen molar-refractivity contribution in [2.45, 2.75) is 24.6 Å². The van der Waals surface area contributed by atoms with Gasteiger partial charge >= 0.3 is 0 Å². The first-order valence-corrected chi connectivity index (χ1v) is 10.9. The summed E-state index contributed by atoms with van der Waals surface area (Å²) < 4.78 is 5.43. The number of nitrogens with one attached hydrogen (secondary N) is 1. The van der Waals surface area contributed by atoms with Gasteiger partial charge in [-0.15, -0.1) is 11.8 Å². The van der Waals surface area contributed by atoms with E-state index >= 15 is 0 Å². The molecule has 1 amide bonds. The molecule has 4 rings (SSSR count). The molecule has 6 heteroatoms. The van der Waals surface area contributed by atoms with Crippen LogP contribution in [0.1, 0.15) is 27.0 Å². The number of benzene rings is 2. The van der Waals surface area contributed by atoms with Gasteiger partial charge in [0.25, 0.3) is 5.91 Å². The van der Waals surface area contributed by atoms with Crippen molar-refractivity contribution >= 4 is 34.3 Å². The number of fused-ring (bicyclic) bond motifs is 1. The monoisotopic (exact) mass is 429 g/mol. The molecule has 1 N–H and O–H groups in total. The number of hydrogen-bond acceptors (Lipinski definition) is 5. The number of carbonyl (C=O) groups is 1. The maximum absolute atomic E-state index is 13.0. The number of anilines is 1. The lowest BCUT2D eigenvalue weighted by molar-refractivity contribution is 0.102. The molecule has 0 aliphatic carbocycles. The van der Waals surface area contributed by atoms with Crippen molar-refractivity contribution < 1.29 is 9.53 Å². The van der Waals surface area contributed by atoms with Crippen LogP contribution >= 0.6 is 11.8 Å². The zero-order valence-electron chi connectivity index (χ0n) is 17.7. The van der Waals surface area contributed by atoms with Gasteiger partial charge in [0.1, 0.15) is 16.3 Å². The molecule has 0 fully saturated rings. The van der Waals surface area contributed by atoms with Crippen LogP contribution in [0.25, 0.3) is 10.9 Å². The van der Waals surface area contributed by atoms with Crippen molar-refractivity contribution in [1.29, 1.82) is 0 Å². The highest BCUT2D eigenvalue weighted by Crippen LogP contribution is 2.31. The van der Waals surface area contributed by atoms with E-state index in [1.807, 2.05) is 50.2 Å². The van der Waals surface area contributed by atoms with Gasteiger partial charge in [0.2, 0.25) is 0 Å². The van der Waals surface area contributed by atoms with Gasteiger partial charge < -0.3 is 10.1 Å². The van der Waals surface area contributed by atoms with Crippen molar-refractivity contribution in [3.05, 3.63) is 89.2 Å². The van der Waals surface area contributed by atoms with E-state index in [1.54, 1.807) is 31.6 Å². The number of pyridine rings is 2. The van der Waals surface area contributed by atoms with Crippen molar-refractivity contribution in [3.8, 4) is 5.75 Å². The predicted molar refractivity (Wildman–Crippen MR) is 126 cm³/mol. The molecule has 0 saturated carbocycles. The number of hydrogen-bond donors (Lipinski definition) is 1. The lowest BCUT2D eigenvalue weighted by Crippen LogP contribution is -2.14. The summed E-state index contributed by atoms with van der Waals surface area (Å²) >= 11 is 1.53. The number of nitrogens with zero attached hydrogens (tertiary/aromatic N) is 2. The highest BCUT2D eigenvalue weighted by molar-refractivity contribution is 7.98. The standard InChI is InChI=1S/C25H23N3O2S/c1-16-12-17(2)14-19(13-16)28-24(29)21-7-5-10-27-25(21)31-15-18-9-11-26-23-20(18)6-4-8-22(23)30-3/h4-14H,15H2,1-3H3,(H,28,29). The lowest BCUT2D eigenvalue weighted by Gasteiger charge is -2.11. The molecule has 0 saturated heterocycles. The van der Waals surface area contributed by atoms with Gasteiger partial charge in [-0.1, -0.05) is 18.2 Å². The lowest BCUT2D eigenvalue weighted by atomic mass is 10.1. The Hall–Kier alpha value is -3.38. The second-order valence-electron chi connectivity index (χ2n) is 7.30. The fourth-order valence-electron chi connectivity index (χ4n) is 3.57. The number of methoxy groups -OCH3 is 1. The van der Waals surface area contributed by atoms with E-state index in [-0.39, 0.29) is 5.91 Å². The molecule has 0 aliphatic heterocycles. The topological polar surface area (TPSA) is 64.1 Å². The Morgan fingerprint density at radius 2 is 1.81 bits per heavy atom. The minimum absolute atomic E-state index is 0.165. The minimum Gasteiger partial charge on any atom is -0.494 e. The second-order valence-corrected chi connectivity index (χ2v) is 8.27. The van der Waals surface area contributed by atoms with Gasteiger partial charge in [0, 0.05) is 29.2 Å². The smallest absolute Gasteiger partial charge is 0.258 e. The number of thioether (sulfide) groups is 1. The van der Waals surface area contributed by atoms with E-state index in [0.29, 0.717) is 16.3 Å². The summed E-state index contributed by atoms with van der Waals surface area (Å²) in [6.07, 6.45) is 3.50. The van der Waals surface area contributed by atoms with Gasteiger partial charge in [-0.2, -0.15) is 0 Å². The van der Waals surface area contributed by atoms with Crippen LogP contribution in [-0.4, -0.2) is 23.0 Å². The normalized spacial score (nSPS) is 10.8. The molecule has 31 heavy (non-hydrogen) atoms. The van der Waals surface area contributed by atoms with Crippen LogP contribution in [0.3, 0.4) is 0 Å². The van der Waals surface area contributed by atoms with Crippen LogP contribution in [0, 0.1) is 13.8 Å². The van der Waals surface area contributed by atoms with Gasteiger partial charge in [-0.25, -0.2) is 4.98 Å². The average molecular weight is 430 g/mol. The Kier molecular flexibility index (Phi) is 6.18. The number of aromatic nitrogens is 2. The first-order chi connectivity index (χ1) is 15.0. The largest absolute Gasteiger partial charge is 0.494 e. The number of carbonyl (C=O) groups excluding carboxylic acids is 1. The molecule has 4 aromatic rings. The number of ether oxygens (including phenoxy) is 1. The first-order valence-electron chi connectivity index (χ1n) is 9.93. The van der Waals surface area contributed by atoms with Crippen molar-refractivity contribution in [2.75, 3.05) is 12.4 Å². The number of rotatable bonds is 6. The van der Waals surface area contributed by atoms with Gasteiger partial charge in [-0.3, -0.25) is 9.78 Å². The van der Waals surface area contributed by atoms with Crippen LogP contribution in [0.15, 0.2) is 72.0 Å². The third kappa shape index (κ3) is 4.70. The minimum atomic E-state index is -0.165. The van der Waals surface area contributed by atoms with Crippen LogP contribution in [0.4, 0.5) is 5.69 Å². The molecule has 156 valence electrons. The molecule has 0 atom stereocenters. The molecule has 2 aromatic carbocycles. The quantitative estimate of drug-likeness (QED) is 0.393. The van der Waals surface area contributed by atoms with Crippen molar-refractivity contribution in [2.24, 2.45) is 0 Å². The van der Waals surface area contributed by atoms with Gasteiger partial charge in [0.05, 0.1) is 12.7 Å². The fraction of sp³-hybridized carbons (Fsp3) is 0.160. The average Bonchev–Trinajstić information content (AvgIpc) is 2.76. The van der Waals surface area contributed by atoms with E-state index < -0.39 is 0 Å². The molecule has 0 aliphatic rings. The summed E-state index contributed by atoms with van der Waals surface area (Å²) in [5.41, 5.74) is 5.50. The van der Waals surface area contributed by atoms with Gasteiger partial charge in [-0.05, 0) is 66.9 Å². The molecule has 5 nitrogen and oxygen atoms in total. The maximum atomic E-state index is 13.0. The summed E-state index contributed by atoms with van der Waals surface area (Å²) in [6.45, 7) is 4.03. The summed E-state index contributed by atoms with van der Waals surface area (Å²) in [5.74, 6) is 1.24. The SMILES string of the molecule is COc1cccc2c(CSc3ncccc3C(=O)Nc3cc(C)cc(C)c3)ccnc12. The Morgan fingerprint density at radius 3 is 2.58 bits per heavy atom. The second kappa shape index (κ2) is 9.18. The summed E-state index contributed by atoms with van der Waals surface area (Å²) in [7, 11) is 1.65. The van der Waals surface area contributed by atoms with E-state index in [1.165, 1.54) is 11.8 Å². The Morgan fingerprint density at radius 1 is 1.00 bits per heavy atom. The Bertz CT molecular complexity index is 1240. The fourth-order valence-corrected chi connectivity index (χ4v) is 4.56. The summed E-state index contributed by atoms with van der Waals surface area (Å²) in [5, 5.41) is 4.73. The van der Waals surface area contributed by atoms with E-state index in [9.17, 15) is 4.79 Å².